The van der Waals surface area contributed by atoms with Crippen molar-refractivity contribution in [1.29, 1.82) is 0 Å². The summed E-state index contributed by atoms with van der Waals surface area (Å²) in [4.78, 5) is 3.85. The van der Waals surface area contributed by atoms with Crippen molar-refractivity contribution in [3.63, 3.8) is 0 Å². The summed E-state index contributed by atoms with van der Waals surface area (Å²) >= 11 is 0. The lowest BCUT2D eigenvalue weighted by Gasteiger charge is -2.36. The summed E-state index contributed by atoms with van der Waals surface area (Å²) in [5.41, 5.74) is 0.997. The van der Waals surface area contributed by atoms with Crippen LogP contribution in [0, 0.1) is 5.82 Å². The second kappa shape index (κ2) is 5.33. The van der Waals surface area contributed by atoms with Gasteiger partial charge in [0.1, 0.15) is 5.82 Å². The minimum absolute atomic E-state index is 0.388. The molecule has 1 aromatic carbocycles. The molecule has 2 nitrogen and oxygen atoms in total. The maximum absolute atomic E-state index is 13.3. The Labute approximate surface area is 118 Å². The molecule has 2 aromatic rings. The number of pyridine rings is 1. The molecule has 20 heavy (non-hydrogen) atoms. The predicted octanol–water partition coefficient (Wildman–Crippen LogP) is 3.77. The van der Waals surface area contributed by atoms with E-state index in [1.54, 1.807) is 6.20 Å². The van der Waals surface area contributed by atoms with Crippen LogP contribution in [0.4, 0.5) is 4.39 Å². The maximum atomic E-state index is 13.3. The molecule has 3 rings (SSSR count). The normalized spacial score (nSPS) is 26.4. The Kier molecular flexibility index (Phi) is 3.53. The fraction of sp³-hybridized carbons (Fsp3) is 0.353. The Bertz CT molecular complexity index is 577. The molecular weight excluding hydrogens is 253 g/mol. The summed E-state index contributed by atoms with van der Waals surface area (Å²) in [7, 11) is 0. The van der Waals surface area contributed by atoms with Crippen LogP contribution < -0.4 is 0 Å². The zero-order valence-corrected chi connectivity index (χ0v) is 11.3. The van der Waals surface area contributed by atoms with Crippen molar-refractivity contribution in [3.8, 4) is 0 Å². The van der Waals surface area contributed by atoms with E-state index in [9.17, 15) is 9.50 Å². The van der Waals surface area contributed by atoms with Gasteiger partial charge in [-0.15, -0.1) is 0 Å². The Morgan fingerprint density at radius 1 is 1.10 bits per heavy atom. The van der Waals surface area contributed by atoms with Crippen LogP contribution in [0.1, 0.15) is 42.7 Å². The van der Waals surface area contributed by atoms with Crippen molar-refractivity contribution >= 4 is 0 Å². The maximum Gasteiger partial charge on any atom is 0.141 e. The summed E-state index contributed by atoms with van der Waals surface area (Å²) in [6.45, 7) is 0. The molecule has 0 unspecified atom stereocenters. The summed E-state index contributed by atoms with van der Waals surface area (Å²) in [5.74, 6) is 0.0964. The van der Waals surface area contributed by atoms with Crippen molar-refractivity contribution in [1.82, 2.24) is 4.98 Å². The first-order valence-electron chi connectivity index (χ1n) is 7.06. The summed E-state index contributed by atoms with van der Waals surface area (Å²) in [5, 5.41) is 10.7. The molecule has 0 spiro atoms. The van der Waals surface area contributed by atoms with E-state index in [-0.39, 0.29) is 5.82 Å². The van der Waals surface area contributed by atoms with E-state index in [1.165, 1.54) is 17.8 Å². The average molecular weight is 271 g/mol. The number of halogens is 1. The highest BCUT2D eigenvalue weighted by Crippen LogP contribution is 2.43. The van der Waals surface area contributed by atoms with Gasteiger partial charge in [0.15, 0.2) is 0 Å². The van der Waals surface area contributed by atoms with Crippen molar-refractivity contribution in [2.24, 2.45) is 0 Å². The zero-order chi connectivity index (χ0) is 14.0. The Morgan fingerprint density at radius 2 is 1.80 bits per heavy atom. The number of nitrogens with zero attached hydrogens (tertiary/aromatic N) is 1. The minimum Gasteiger partial charge on any atom is -0.385 e. The zero-order valence-electron chi connectivity index (χ0n) is 11.3. The Hall–Kier alpha value is -1.74. The fourth-order valence-electron chi connectivity index (χ4n) is 3.11. The fourth-order valence-corrected chi connectivity index (χ4v) is 3.11. The van der Waals surface area contributed by atoms with Crippen molar-refractivity contribution in [3.05, 3.63) is 65.7 Å². The van der Waals surface area contributed by atoms with Crippen LogP contribution in [0.15, 0.2) is 48.8 Å². The van der Waals surface area contributed by atoms with E-state index >= 15 is 0 Å². The molecule has 3 heteroatoms. The first kappa shape index (κ1) is 13.3. The number of hydrogen-bond donors (Lipinski definition) is 1. The summed E-state index contributed by atoms with van der Waals surface area (Å²) in [6, 6.07) is 11.8. The number of aromatic nitrogens is 1. The predicted molar refractivity (Wildman–Crippen MR) is 75.7 cm³/mol. The van der Waals surface area contributed by atoms with Crippen LogP contribution in [0.5, 0.6) is 0 Å². The highest BCUT2D eigenvalue weighted by molar-refractivity contribution is 5.24. The standard InChI is InChI=1S/C17H18FNO/c18-16-10-15(11-19-12-16)17(20)8-6-14(7-9-17)13-4-2-1-3-5-13/h1-5,10-12,14,20H,6-9H2. The van der Waals surface area contributed by atoms with Gasteiger partial charge in [-0.2, -0.15) is 0 Å². The number of benzene rings is 1. The van der Waals surface area contributed by atoms with Crippen LogP contribution in [-0.4, -0.2) is 10.1 Å². The largest absolute Gasteiger partial charge is 0.385 e. The molecule has 1 saturated carbocycles. The monoisotopic (exact) mass is 271 g/mol. The lowest BCUT2D eigenvalue weighted by molar-refractivity contribution is -0.00622. The lowest BCUT2D eigenvalue weighted by Crippen LogP contribution is -2.31. The number of aliphatic hydroxyl groups is 1. The second-order valence-electron chi connectivity index (χ2n) is 5.61. The van der Waals surface area contributed by atoms with Crippen LogP contribution in [-0.2, 0) is 5.60 Å². The van der Waals surface area contributed by atoms with Gasteiger partial charge in [-0.1, -0.05) is 30.3 Å². The highest BCUT2D eigenvalue weighted by Gasteiger charge is 2.35. The lowest BCUT2D eigenvalue weighted by atomic mass is 9.73. The molecule has 1 aromatic heterocycles. The van der Waals surface area contributed by atoms with Gasteiger partial charge in [0.2, 0.25) is 0 Å². The van der Waals surface area contributed by atoms with Crippen molar-refractivity contribution < 1.29 is 9.50 Å². The summed E-state index contributed by atoms with van der Waals surface area (Å²) < 4.78 is 13.3. The number of hydrogen-bond acceptors (Lipinski definition) is 2. The average Bonchev–Trinajstić information content (AvgIpc) is 2.49. The third kappa shape index (κ3) is 2.59. The van der Waals surface area contributed by atoms with E-state index < -0.39 is 5.60 Å². The molecule has 0 saturated heterocycles. The van der Waals surface area contributed by atoms with Gasteiger partial charge in [0.05, 0.1) is 11.8 Å². The van der Waals surface area contributed by atoms with Gasteiger partial charge in [-0.05, 0) is 43.2 Å². The molecule has 0 atom stereocenters. The van der Waals surface area contributed by atoms with E-state index in [2.05, 4.69) is 17.1 Å². The molecule has 0 aliphatic heterocycles. The van der Waals surface area contributed by atoms with Crippen molar-refractivity contribution in [2.75, 3.05) is 0 Å². The molecule has 1 N–H and O–H groups in total. The summed E-state index contributed by atoms with van der Waals surface area (Å²) in [6.07, 6.45) is 5.87. The molecule has 0 bridgehead atoms. The molecule has 1 aliphatic rings. The van der Waals surface area contributed by atoms with Crippen molar-refractivity contribution in [2.45, 2.75) is 37.2 Å². The first-order chi connectivity index (χ1) is 9.67. The minimum atomic E-state index is -0.930. The topological polar surface area (TPSA) is 33.1 Å². The third-order valence-electron chi connectivity index (χ3n) is 4.33. The SMILES string of the molecule is OC1(c2cncc(F)c2)CCC(c2ccccc2)CC1. The quantitative estimate of drug-likeness (QED) is 0.902. The smallest absolute Gasteiger partial charge is 0.141 e. The molecule has 1 aliphatic carbocycles. The molecule has 1 fully saturated rings. The van der Waals surface area contributed by atoms with Crippen LogP contribution in [0.25, 0.3) is 0 Å². The molecular formula is C17H18FNO. The van der Waals surface area contributed by atoms with Crippen LogP contribution in [0.2, 0.25) is 0 Å². The Morgan fingerprint density at radius 3 is 2.45 bits per heavy atom. The van der Waals surface area contributed by atoms with Gasteiger partial charge >= 0.3 is 0 Å². The van der Waals surface area contributed by atoms with Gasteiger partial charge < -0.3 is 5.11 Å². The van der Waals surface area contributed by atoms with E-state index in [4.69, 9.17) is 0 Å². The van der Waals surface area contributed by atoms with E-state index in [0.717, 1.165) is 12.8 Å². The van der Waals surface area contributed by atoms with Gasteiger partial charge in [0, 0.05) is 11.8 Å². The van der Waals surface area contributed by atoms with Gasteiger partial charge in [0.25, 0.3) is 0 Å². The molecule has 0 amide bonds. The van der Waals surface area contributed by atoms with Gasteiger partial charge in [-0.25, -0.2) is 4.39 Å². The first-order valence-corrected chi connectivity index (χ1v) is 7.06. The Balaban J connectivity index is 1.75. The molecule has 0 radical (unpaired) electrons. The van der Waals surface area contributed by atoms with E-state index in [0.29, 0.717) is 24.3 Å². The van der Waals surface area contributed by atoms with Crippen LogP contribution in [0.3, 0.4) is 0 Å². The van der Waals surface area contributed by atoms with E-state index in [1.807, 2.05) is 18.2 Å². The molecule has 104 valence electrons. The van der Waals surface area contributed by atoms with Crippen LogP contribution >= 0.6 is 0 Å². The molecule has 1 heterocycles. The van der Waals surface area contributed by atoms with Gasteiger partial charge in [-0.3, -0.25) is 4.98 Å². The second-order valence-corrected chi connectivity index (χ2v) is 5.61. The number of rotatable bonds is 2. The third-order valence-corrected chi connectivity index (χ3v) is 4.33. The highest BCUT2D eigenvalue weighted by atomic mass is 19.1.